The maximum atomic E-state index is 6.13. The Morgan fingerprint density at radius 1 is 1.04 bits per heavy atom. The number of likely N-dealkylation sites (tertiary alicyclic amines) is 1. The van der Waals surface area contributed by atoms with Gasteiger partial charge in [0.1, 0.15) is 12.4 Å². The van der Waals surface area contributed by atoms with Crippen molar-refractivity contribution in [3.05, 3.63) is 65.2 Å². The number of rotatable bonds is 2. The van der Waals surface area contributed by atoms with Crippen LogP contribution in [0.1, 0.15) is 29.5 Å². The van der Waals surface area contributed by atoms with Crippen LogP contribution >= 0.6 is 0 Å². The molecule has 2 aliphatic heterocycles. The number of hydrogen-bond donors (Lipinski definition) is 1. The number of ether oxygens (including phenoxy) is 1. The minimum Gasteiger partial charge on any atom is -0.491 e. The molecule has 3 heteroatoms. The predicted octanol–water partition coefficient (Wildman–Crippen LogP) is 3.51. The van der Waals surface area contributed by atoms with Crippen molar-refractivity contribution < 1.29 is 4.74 Å². The number of nitrogens with zero attached hydrogens (tertiary/aromatic N) is 1. The molecule has 1 N–H and O–H groups in total. The number of nitrogens with one attached hydrogen (secondary N) is 1. The molecule has 1 spiro atoms. The van der Waals surface area contributed by atoms with Gasteiger partial charge in [-0.3, -0.25) is 4.90 Å². The van der Waals surface area contributed by atoms with E-state index in [2.05, 4.69) is 65.7 Å². The van der Waals surface area contributed by atoms with E-state index in [4.69, 9.17) is 4.74 Å². The van der Waals surface area contributed by atoms with Gasteiger partial charge in [-0.15, -0.1) is 0 Å². The average Bonchev–Trinajstić information content (AvgIpc) is 2.80. The molecule has 0 saturated carbocycles. The van der Waals surface area contributed by atoms with Gasteiger partial charge in [-0.2, -0.15) is 0 Å². The molecule has 2 aliphatic rings. The van der Waals surface area contributed by atoms with E-state index in [1.807, 2.05) is 0 Å². The second-order valence-corrected chi connectivity index (χ2v) is 7.29. The van der Waals surface area contributed by atoms with Crippen molar-refractivity contribution in [1.82, 2.24) is 10.2 Å². The van der Waals surface area contributed by atoms with Crippen LogP contribution in [0.4, 0.5) is 0 Å². The van der Waals surface area contributed by atoms with Crippen LogP contribution < -0.4 is 10.1 Å². The summed E-state index contributed by atoms with van der Waals surface area (Å²) in [6, 6.07) is 17.3. The van der Waals surface area contributed by atoms with Gasteiger partial charge in [0.2, 0.25) is 0 Å². The third-order valence-corrected chi connectivity index (χ3v) is 5.47. The zero-order valence-corrected chi connectivity index (χ0v) is 14.4. The number of piperidine rings is 1. The van der Waals surface area contributed by atoms with E-state index in [1.54, 1.807) is 0 Å². The summed E-state index contributed by atoms with van der Waals surface area (Å²) >= 11 is 0. The fourth-order valence-electron chi connectivity index (χ4n) is 3.75. The van der Waals surface area contributed by atoms with Crippen LogP contribution in [0.15, 0.2) is 48.5 Å². The quantitative estimate of drug-likeness (QED) is 0.916. The second kappa shape index (κ2) is 6.58. The molecule has 126 valence electrons. The lowest BCUT2D eigenvalue weighted by Gasteiger charge is -2.41. The zero-order chi connectivity index (χ0) is 16.4. The molecule has 3 nitrogen and oxygen atoms in total. The molecular weight excluding hydrogens is 296 g/mol. The van der Waals surface area contributed by atoms with E-state index >= 15 is 0 Å². The molecule has 1 fully saturated rings. The largest absolute Gasteiger partial charge is 0.491 e. The minimum absolute atomic E-state index is 0.128. The van der Waals surface area contributed by atoms with E-state index in [0.29, 0.717) is 0 Å². The highest BCUT2D eigenvalue weighted by molar-refractivity contribution is 5.34. The van der Waals surface area contributed by atoms with Gasteiger partial charge in [-0.1, -0.05) is 48.0 Å². The molecule has 0 atom stereocenters. The molecule has 2 aromatic rings. The monoisotopic (exact) mass is 322 g/mol. The summed E-state index contributed by atoms with van der Waals surface area (Å²) < 4.78 is 6.13. The highest BCUT2D eigenvalue weighted by atomic mass is 16.5. The van der Waals surface area contributed by atoms with Gasteiger partial charge in [0.25, 0.3) is 0 Å². The maximum absolute atomic E-state index is 6.13. The molecule has 0 aliphatic carbocycles. The van der Waals surface area contributed by atoms with Crippen LogP contribution in [0.5, 0.6) is 5.75 Å². The summed E-state index contributed by atoms with van der Waals surface area (Å²) in [5.41, 5.74) is 4.14. The van der Waals surface area contributed by atoms with Crippen LogP contribution in [-0.4, -0.2) is 30.1 Å². The number of aryl methyl sites for hydroxylation is 1. The van der Waals surface area contributed by atoms with Crippen molar-refractivity contribution in [1.29, 1.82) is 0 Å². The molecule has 1 saturated heterocycles. The number of benzene rings is 2. The molecule has 2 heterocycles. The van der Waals surface area contributed by atoms with Gasteiger partial charge < -0.3 is 10.1 Å². The van der Waals surface area contributed by atoms with Gasteiger partial charge >= 0.3 is 0 Å². The molecule has 0 radical (unpaired) electrons. The lowest BCUT2D eigenvalue weighted by atomic mass is 9.88. The first-order valence-corrected chi connectivity index (χ1v) is 8.96. The van der Waals surface area contributed by atoms with Crippen molar-refractivity contribution in [2.75, 3.05) is 19.7 Å². The molecule has 0 aromatic heterocycles. The smallest absolute Gasteiger partial charge is 0.123 e. The highest BCUT2D eigenvalue weighted by Gasteiger charge is 2.36. The van der Waals surface area contributed by atoms with Crippen LogP contribution in [0.2, 0.25) is 0 Å². The predicted molar refractivity (Wildman–Crippen MR) is 97.2 cm³/mol. The molecule has 2 aromatic carbocycles. The first-order chi connectivity index (χ1) is 11.7. The van der Waals surface area contributed by atoms with Crippen LogP contribution in [0.25, 0.3) is 0 Å². The first-order valence-electron chi connectivity index (χ1n) is 8.96. The Morgan fingerprint density at radius 3 is 2.58 bits per heavy atom. The highest BCUT2D eigenvalue weighted by Crippen LogP contribution is 2.30. The number of fused-ring (bicyclic) bond motifs is 1. The Kier molecular flexibility index (Phi) is 4.30. The Hall–Kier alpha value is -1.84. The van der Waals surface area contributed by atoms with E-state index in [1.165, 1.54) is 16.7 Å². The van der Waals surface area contributed by atoms with Crippen molar-refractivity contribution in [2.45, 2.75) is 38.4 Å². The average molecular weight is 322 g/mol. The van der Waals surface area contributed by atoms with Gasteiger partial charge in [0.15, 0.2) is 0 Å². The fraction of sp³-hybridized carbons (Fsp3) is 0.429. The van der Waals surface area contributed by atoms with Gasteiger partial charge in [-0.05, 0) is 31.4 Å². The van der Waals surface area contributed by atoms with Gasteiger partial charge in [-0.25, -0.2) is 0 Å². The van der Waals surface area contributed by atoms with E-state index in [-0.39, 0.29) is 5.54 Å². The third kappa shape index (κ3) is 3.33. The third-order valence-electron chi connectivity index (χ3n) is 5.47. The minimum atomic E-state index is 0.128. The van der Waals surface area contributed by atoms with E-state index < -0.39 is 0 Å². The standard InChI is InChI=1S/C21H26N2O/c1-17-6-8-18(9-7-17)15-23-12-10-21(11-13-23)16-24-20-5-3-2-4-19(20)14-22-21/h2-9,22H,10-16H2,1H3. The van der Waals surface area contributed by atoms with E-state index in [9.17, 15) is 0 Å². The van der Waals surface area contributed by atoms with Crippen molar-refractivity contribution in [3.63, 3.8) is 0 Å². The normalized spacial score (nSPS) is 20.2. The van der Waals surface area contributed by atoms with Crippen molar-refractivity contribution in [3.8, 4) is 5.75 Å². The summed E-state index contributed by atoms with van der Waals surface area (Å²) in [5.74, 6) is 1.05. The molecule has 24 heavy (non-hydrogen) atoms. The molecular formula is C21H26N2O. The Balaban J connectivity index is 1.36. The second-order valence-electron chi connectivity index (χ2n) is 7.29. The summed E-state index contributed by atoms with van der Waals surface area (Å²) in [6.45, 7) is 7.14. The number of hydrogen-bond acceptors (Lipinski definition) is 3. The van der Waals surface area contributed by atoms with Crippen LogP contribution in [-0.2, 0) is 13.1 Å². The molecule has 0 unspecified atom stereocenters. The van der Waals surface area contributed by atoms with Gasteiger partial charge in [0, 0.05) is 31.7 Å². The van der Waals surface area contributed by atoms with E-state index in [0.717, 1.165) is 51.4 Å². The SMILES string of the molecule is Cc1ccc(CN2CCC3(CC2)COc2ccccc2CN3)cc1. The van der Waals surface area contributed by atoms with Crippen LogP contribution in [0, 0.1) is 6.92 Å². The number of para-hydroxylation sites is 1. The van der Waals surface area contributed by atoms with Crippen molar-refractivity contribution in [2.24, 2.45) is 0 Å². The summed E-state index contributed by atoms with van der Waals surface area (Å²) in [7, 11) is 0. The lowest BCUT2D eigenvalue weighted by molar-refractivity contribution is 0.0904. The molecule has 0 bridgehead atoms. The Labute approximate surface area is 144 Å². The summed E-state index contributed by atoms with van der Waals surface area (Å²) in [4.78, 5) is 2.57. The fourth-order valence-corrected chi connectivity index (χ4v) is 3.75. The Morgan fingerprint density at radius 2 is 1.79 bits per heavy atom. The summed E-state index contributed by atoms with van der Waals surface area (Å²) in [6.07, 6.45) is 2.29. The van der Waals surface area contributed by atoms with Gasteiger partial charge in [0.05, 0.1) is 5.54 Å². The zero-order valence-electron chi connectivity index (χ0n) is 14.4. The van der Waals surface area contributed by atoms with Crippen molar-refractivity contribution >= 4 is 0 Å². The molecule has 0 amide bonds. The summed E-state index contributed by atoms with van der Waals surface area (Å²) in [5, 5.41) is 3.79. The van der Waals surface area contributed by atoms with Crippen LogP contribution in [0.3, 0.4) is 0 Å². The topological polar surface area (TPSA) is 24.5 Å². The molecule has 4 rings (SSSR count). The lowest BCUT2D eigenvalue weighted by Crippen LogP contribution is -2.55. The first kappa shape index (κ1) is 15.7. The Bertz CT molecular complexity index is 658. The maximum Gasteiger partial charge on any atom is 0.123 e.